The highest BCUT2D eigenvalue weighted by Crippen LogP contribution is 2.38. The quantitative estimate of drug-likeness (QED) is 0.218. The first kappa shape index (κ1) is 24.2. The highest BCUT2D eigenvalue weighted by atomic mass is 16.3. The van der Waals surface area contributed by atoms with E-state index in [9.17, 15) is 0 Å². The first-order chi connectivity index (χ1) is 20.8. The summed E-state index contributed by atoms with van der Waals surface area (Å²) in [6.07, 6.45) is 1.85. The van der Waals surface area contributed by atoms with E-state index < -0.39 is 0 Å². The van der Waals surface area contributed by atoms with Crippen molar-refractivity contribution in [3.63, 3.8) is 0 Å². The maximum absolute atomic E-state index is 6.17. The Kier molecular flexibility index (Phi) is 5.79. The predicted molar refractivity (Wildman–Crippen MR) is 175 cm³/mol. The standard InChI is InChI=1S/C39H26N2O/c1-3-9-27(10-4-1)28-15-20-32(21-16-28)41(31-12-5-2-6-13-31)33-22-17-30(18-23-33)36-25-35-38(26-40-36)42-37-24-19-29-11-7-8-14-34(29)39(35)37/h1-26H. The average molecular weight is 539 g/mol. The van der Waals surface area contributed by atoms with Crippen LogP contribution in [0.4, 0.5) is 17.1 Å². The third-order valence-electron chi connectivity index (χ3n) is 7.92. The molecule has 0 saturated carbocycles. The zero-order valence-electron chi connectivity index (χ0n) is 22.8. The Morgan fingerprint density at radius 1 is 0.452 bits per heavy atom. The van der Waals surface area contributed by atoms with Crippen LogP contribution < -0.4 is 4.90 Å². The van der Waals surface area contributed by atoms with Gasteiger partial charge in [0.1, 0.15) is 5.58 Å². The molecule has 0 aliphatic rings. The first-order valence-electron chi connectivity index (χ1n) is 14.1. The van der Waals surface area contributed by atoms with Crippen LogP contribution in [-0.2, 0) is 0 Å². The number of pyridine rings is 1. The molecule has 0 N–H and O–H groups in total. The van der Waals surface area contributed by atoms with Gasteiger partial charge >= 0.3 is 0 Å². The second-order valence-electron chi connectivity index (χ2n) is 10.5. The number of fused-ring (bicyclic) bond motifs is 5. The Labute approximate surface area is 243 Å². The zero-order valence-corrected chi connectivity index (χ0v) is 22.8. The third kappa shape index (κ3) is 4.20. The Balaban J connectivity index is 1.18. The number of anilines is 3. The van der Waals surface area contributed by atoms with Gasteiger partial charge in [-0.25, -0.2) is 0 Å². The lowest BCUT2D eigenvalue weighted by atomic mass is 10.0. The highest BCUT2D eigenvalue weighted by molar-refractivity contribution is 6.19. The van der Waals surface area contributed by atoms with E-state index in [1.807, 2.05) is 18.3 Å². The summed E-state index contributed by atoms with van der Waals surface area (Å²) in [5.74, 6) is 0. The Hall–Kier alpha value is -5.67. The van der Waals surface area contributed by atoms with Crippen LogP contribution >= 0.6 is 0 Å². The summed E-state index contributed by atoms with van der Waals surface area (Å²) in [5.41, 5.74) is 9.36. The Morgan fingerprint density at radius 3 is 1.79 bits per heavy atom. The molecule has 0 amide bonds. The van der Waals surface area contributed by atoms with E-state index >= 15 is 0 Å². The molecule has 6 aromatic carbocycles. The fraction of sp³-hybridized carbons (Fsp3) is 0. The van der Waals surface area contributed by atoms with Crippen LogP contribution in [0.3, 0.4) is 0 Å². The van der Waals surface area contributed by atoms with Crippen molar-refractivity contribution in [1.82, 2.24) is 4.98 Å². The molecule has 0 aliphatic carbocycles. The second-order valence-corrected chi connectivity index (χ2v) is 10.5. The monoisotopic (exact) mass is 538 g/mol. The summed E-state index contributed by atoms with van der Waals surface area (Å²) in [6.45, 7) is 0. The molecule has 0 spiro atoms. The number of aromatic nitrogens is 1. The molecule has 0 aliphatic heterocycles. The van der Waals surface area contributed by atoms with E-state index in [-0.39, 0.29) is 0 Å². The van der Waals surface area contributed by atoms with Gasteiger partial charge in [-0.05, 0) is 70.4 Å². The van der Waals surface area contributed by atoms with Gasteiger partial charge in [0.2, 0.25) is 0 Å². The van der Waals surface area contributed by atoms with Crippen LogP contribution in [0.5, 0.6) is 0 Å². The molecule has 3 heteroatoms. The number of hydrogen-bond acceptors (Lipinski definition) is 3. The van der Waals surface area contributed by atoms with E-state index in [2.05, 4.69) is 144 Å². The largest absolute Gasteiger partial charge is 0.454 e. The number of hydrogen-bond donors (Lipinski definition) is 0. The minimum absolute atomic E-state index is 0.802. The number of para-hydroxylation sites is 1. The first-order valence-corrected chi connectivity index (χ1v) is 14.1. The van der Waals surface area contributed by atoms with Gasteiger partial charge in [-0.3, -0.25) is 4.98 Å². The minimum atomic E-state index is 0.802. The van der Waals surface area contributed by atoms with Crippen molar-refractivity contribution >= 4 is 49.8 Å². The van der Waals surface area contributed by atoms with E-state index in [1.165, 1.54) is 21.9 Å². The van der Waals surface area contributed by atoms with Crippen molar-refractivity contribution in [2.24, 2.45) is 0 Å². The maximum atomic E-state index is 6.17. The normalized spacial score (nSPS) is 11.3. The van der Waals surface area contributed by atoms with Gasteiger partial charge in [0.25, 0.3) is 0 Å². The van der Waals surface area contributed by atoms with Crippen molar-refractivity contribution in [3.05, 3.63) is 158 Å². The van der Waals surface area contributed by atoms with Gasteiger partial charge in [-0.15, -0.1) is 0 Å². The molecule has 2 aromatic heterocycles. The van der Waals surface area contributed by atoms with Crippen molar-refractivity contribution in [2.45, 2.75) is 0 Å². The molecule has 0 unspecified atom stereocenters. The molecular weight excluding hydrogens is 512 g/mol. The van der Waals surface area contributed by atoms with Crippen LogP contribution in [0.25, 0.3) is 55.1 Å². The molecule has 8 aromatic rings. The SMILES string of the molecule is c1ccc(-c2ccc(N(c3ccccc3)c3ccc(-c4cc5c(cn4)oc4ccc6ccccc6c45)cc3)cc2)cc1. The second kappa shape index (κ2) is 10.1. The molecule has 0 bridgehead atoms. The lowest BCUT2D eigenvalue weighted by Crippen LogP contribution is -2.09. The highest BCUT2D eigenvalue weighted by Gasteiger charge is 2.15. The Bertz CT molecular complexity index is 2170. The van der Waals surface area contributed by atoms with Crippen LogP contribution in [0.1, 0.15) is 0 Å². The number of nitrogens with zero attached hydrogens (tertiary/aromatic N) is 2. The van der Waals surface area contributed by atoms with Crippen LogP contribution in [0.15, 0.2) is 162 Å². The molecule has 0 atom stereocenters. The lowest BCUT2D eigenvalue weighted by molar-refractivity contribution is 0.667. The molecule has 0 radical (unpaired) electrons. The third-order valence-corrected chi connectivity index (χ3v) is 7.92. The van der Waals surface area contributed by atoms with E-state index in [1.54, 1.807) is 0 Å². The van der Waals surface area contributed by atoms with Gasteiger partial charge in [-0.2, -0.15) is 0 Å². The minimum Gasteiger partial charge on any atom is -0.454 e. The molecule has 0 saturated heterocycles. The van der Waals surface area contributed by atoms with Gasteiger partial charge in [0, 0.05) is 33.4 Å². The molecular formula is C39H26N2O. The topological polar surface area (TPSA) is 29.3 Å². The summed E-state index contributed by atoms with van der Waals surface area (Å²) in [6, 6.07) is 53.1. The van der Waals surface area contributed by atoms with Crippen molar-refractivity contribution < 1.29 is 4.42 Å². The van der Waals surface area contributed by atoms with Crippen molar-refractivity contribution in [3.8, 4) is 22.4 Å². The summed E-state index contributed by atoms with van der Waals surface area (Å²) in [4.78, 5) is 7.06. The van der Waals surface area contributed by atoms with Crippen molar-refractivity contribution in [2.75, 3.05) is 4.90 Å². The van der Waals surface area contributed by atoms with Crippen LogP contribution in [-0.4, -0.2) is 4.98 Å². The molecule has 42 heavy (non-hydrogen) atoms. The van der Waals surface area contributed by atoms with Gasteiger partial charge < -0.3 is 9.32 Å². The number of rotatable bonds is 5. The summed E-state index contributed by atoms with van der Waals surface area (Å²) in [5, 5.41) is 4.61. The van der Waals surface area contributed by atoms with Crippen LogP contribution in [0, 0.1) is 0 Å². The maximum Gasteiger partial charge on any atom is 0.153 e. The van der Waals surface area contributed by atoms with Gasteiger partial charge in [0.05, 0.1) is 11.9 Å². The van der Waals surface area contributed by atoms with Gasteiger partial charge in [0.15, 0.2) is 5.58 Å². The van der Waals surface area contributed by atoms with E-state index in [0.717, 1.165) is 50.3 Å². The lowest BCUT2D eigenvalue weighted by Gasteiger charge is -2.26. The Morgan fingerprint density at radius 2 is 1.05 bits per heavy atom. The fourth-order valence-corrected chi connectivity index (χ4v) is 5.85. The predicted octanol–water partition coefficient (Wildman–Crippen LogP) is 10.9. The number of benzene rings is 6. The van der Waals surface area contributed by atoms with Crippen LogP contribution in [0.2, 0.25) is 0 Å². The van der Waals surface area contributed by atoms with E-state index in [0.29, 0.717) is 0 Å². The molecule has 3 nitrogen and oxygen atoms in total. The zero-order chi connectivity index (χ0) is 27.9. The smallest absolute Gasteiger partial charge is 0.153 e. The summed E-state index contributed by atoms with van der Waals surface area (Å²) >= 11 is 0. The van der Waals surface area contributed by atoms with Crippen molar-refractivity contribution in [1.29, 1.82) is 0 Å². The number of furan rings is 1. The van der Waals surface area contributed by atoms with E-state index in [4.69, 9.17) is 9.40 Å². The van der Waals surface area contributed by atoms with Gasteiger partial charge in [-0.1, -0.05) is 103 Å². The summed E-state index contributed by atoms with van der Waals surface area (Å²) in [7, 11) is 0. The summed E-state index contributed by atoms with van der Waals surface area (Å²) < 4.78 is 6.17. The fourth-order valence-electron chi connectivity index (χ4n) is 5.85. The molecule has 8 rings (SSSR count). The molecule has 2 heterocycles. The average Bonchev–Trinajstić information content (AvgIpc) is 3.45. The molecule has 198 valence electrons. The molecule has 0 fully saturated rings.